The molecule has 15 heavy (non-hydrogen) atoms. The fourth-order valence-electron chi connectivity index (χ4n) is 2.24. The van der Waals surface area contributed by atoms with Gasteiger partial charge in [0.1, 0.15) is 0 Å². The summed E-state index contributed by atoms with van der Waals surface area (Å²) in [6.07, 6.45) is 4.78. The molecule has 0 heterocycles. The number of likely N-dealkylation sites (N-methyl/N-ethyl adjacent to an activating group) is 1. The van der Waals surface area contributed by atoms with E-state index in [1.807, 2.05) is 11.8 Å². The lowest BCUT2D eigenvalue weighted by atomic mass is 9.73. The summed E-state index contributed by atoms with van der Waals surface area (Å²) < 4.78 is 5.60. The van der Waals surface area contributed by atoms with Crippen LogP contribution in [-0.2, 0) is 4.74 Å². The van der Waals surface area contributed by atoms with Crippen LogP contribution in [0.3, 0.4) is 0 Å². The second-order valence-corrected chi connectivity index (χ2v) is 5.31. The van der Waals surface area contributed by atoms with Crippen LogP contribution in [0.2, 0.25) is 0 Å². The molecule has 0 radical (unpaired) electrons. The lowest BCUT2D eigenvalue weighted by Gasteiger charge is -2.52. The Kier molecular flexibility index (Phi) is 5.39. The van der Waals surface area contributed by atoms with Crippen LogP contribution in [0.1, 0.15) is 19.8 Å². The summed E-state index contributed by atoms with van der Waals surface area (Å²) in [4.78, 5) is 2.42. The fraction of sp³-hybridized carbons (Fsp3) is 1.00. The third-order valence-electron chi connectivity index (χ3n) is 3.44. The average molecular weight is 232 g/mol. The van der Waals surface area contributed by atoms with Gasteiger partial charge in [0.25, 0.3) is 0 Å². The number of hydrogen-bond donors (Lipinski definition) is 1. The van der Waals surface area contributed by atoms with Crippen LogP contribution >= 0.6 is 11.8 Å². The Balaban J connectivity index is 2.36. The number of ether oxygens (including phenoxy) is 1. The summed E-state index contributed by atoms with van der Waals surface area (Å²) in [7, 11) is 2.19. The van der Waals surface area contributed by atoms with Gasteiger partial charge in [0, 0.05) is 31.0 Å². The van der Waals surface area contributed by atoms with Crippen molar-refractivity contribution in [2.24, 2.45) is 5.73 Å². The highest BCUT2D eigenvalue weighted by atomic mass is 32.2. The molecule has 2 N–H and O–H groups in total. The van der Waals surface area contributed by atoms with E-state index in [0.29, 0.717) is 6.10 Å². The minimum Gasteiger partial charge on any atom is -0.378 e. The second kappa shape index (κ2) is 6.09. The Labute approximate surface area is 97.7 Å². The van der Waals surface area contributed by atoms with Crippen LogP contribution in [0.5, 0.6) is 0 Å². The number of nitrogens with zero attached hydrogens (tertiary/aromatic N) is 1. The summed E-state index contributed by atoms with van der Waals surface area (Å²) in [5.74, 6) is 1.18. The second-order valence-electron chi connectivity index (χ2n) is 4.33. The van der Waals surface area contributed by atoms with E-state index in [4.69, 9.17) is 10.5 Å². The molecule has 0 aliphatic heterocycles. The Hall–Kier alpha value is 0.230. The van der Waals surface area contributed by atoms with Crippen molar-refractivity contribution >= 4 is 11.8 Å². The third kappa shape index (κ3) is 3.09. The van der Waals surface area contributed by atoms with Gasteiger partial charge in [-0.3, -0.25) is 4.90 Å². The standard InChI is InChI=1S/C11H24N2OS/c1-4-14-10-7-11(8-10,9-12)13(2)5-6-15-3/h10H,4-9,12H2,1-3H3. The molecular weight excluding hydrogens is 208 g/mol. The van der Waals surface area contributed by atoms with Crippen LogP contribution in [-0.4, -0.2) is 55.3 Å². The van der Waals surface area contributed by atoms with E-state index in [1.165, 1.54) is 5.75 Å². The molecule has 0 aromatic heterocycles. The molecule has 1 aliphatic carbocycles. The number of hydrogen-bond acceptors (Lipinski definition) is 4. The molecule has 0 amide bonds. The van der Waals surface area contributed by atoms with Crippen LogP contribution in [0.4, 0.5) is 0 Å². The predicted octanol–water partition coefficient (Wildman–Crippen LogP) is 1.18. The van der Waals surface area contributed by atoms with Crippen molar-refractivity contribution in [2.45, 2.75) is 31.4 Å². The lowest BCUT2D eigenvalue weighted by Crippen LogP contribution is -2.63. The normalized spacial score (nSPS) is 30.6. The molecule has 0 aromatic rings. The van der Waals surface area contributed by atoms with Crippen molar-refractivity contribution in [2.75, 3.05) is 38.8 Å². The highest BCUT2D eigenvalue weighted by molar-refractivity contribution is 7.98. The van der Waals surface area contributed by atoms with Crippen LogP contribution in [0, 0.1) is 0 Å². The van der Waals surface area contributed by atoms with Gasteiger partial charge in [0.15, 0.2) is 0 Å². The maximum absolute atomic E-state index is 5.90. The Morgan fingerprint density at radius 1 is 1.53 bits per heavy atom. The topological polar surface area (TPSA) is 38.5 Å². The van der Waals surface area contributed by atoms with Gasteiger partial charge in [-0.1, -0.05) is 0 Å². The third-order valence-corrected chi connectivity index (χ3v) is 4.03. The Morgan fingerprint density at radius 3 is 2.67 bits per heavy atom. The maximum atomic E-state index is 5.90. The molecular formula is C11H24N2OS. The minimum absolute atomic E-state index is 0.218. The van der Waals surface area contributed by atoms with Crippen molar-refractivity contribution in [1.29, 1.82) is 0 Å². The van der Waals surface area contributed by atoms with Gasteiger partial charge >= 0.3 is 0 Å². The molecule has 0 spiro atoms. The van der Waals surface area contributed by atoms with Crippen LogP contribution < -0.4 is 5.73 Å². The molecule has 0 saturated heterocycles. The molecule has 90 valence electrons. The van der Waals surface area contributed by atoms with Crippen molar-refractivity contribution in [3.8, 4) is 0 Å². The minimum atomic E-state index is 0.218. The molecule has 4 heteroatoms. The molecule has 1 saturated carbocycles. The smallest absolute Gasteiger partial charge is 0.0611 e. The molecule has 0 unspecified atom stereocenters. The molecule has 0 atom stereocenters. The Morgan fingerprint density at radius 2 is 2.20 bits per heavy atom. The van der Waals surface area contributed by atoms with Gasteiger partial charge < -0.3 is 10.5 Å². The summed E-state index contributed by atoms with van der Waals surface area (Å²) in [5, 5.41) is 0. The monoisotopic (exact) mass is 232 g/mol. The molecule has 0 aromatic carbocycles. The Bertz CT molecular complexity index is 183. The highest BCUT2D eigenvalue weighted by Gasteiger charge is 2.46. The maximum Gasteiger partial charge on any atom is 0.0611 e. The zero-order chi connectivity index (χ0) is 11.3. The van der Waals surface area contributed by atoms with Gasteiger partial charge in [0.05, 0.1) is 6.10 Å². The molecule has 1 fully saturated rings. The summed E-state index contributed by atoms with van der Waals surface area (Å²) in [6.45, 7) is 4.75. The predicted molar refractivity (Wildman–Crippen MR) is 67.4 cm³/mol. The van der Waals surface area contributed by atoms with E-state index in [1.54, 1.807) is 0 Å². The van der Waals surface area contributed by atoms with Crippen LogP contribution in [0.15, 0.2) is 0 Å². The van der Waals surface area contributed by atoms with E-state index in [2.05, 4.69) is 25.1 Å². The quantitative estimate of drug-likeness (QED) is 0.715. The molecule has 3 nitrogen and oxygen atoms in total. The average Bonchev–Trinajstić information content (AvgIpc) is 2.19. The highest BCUT2D eigenvalue weighted by Crippen LogP contribution is 2.38. The van der Waals surface area contributed by atoms with Crippen molar-refractivity contribution in [3.63, 3.8) is 0 Å². The van der Waals surface area contributed by atoms with E-state index in [-0.39, 0.29) is 5.54 Å². The van der Waals surface area contributed by atoms with E-state index >= 15 is 0 Å². The van der Waals surface area contributed by atoms with Crippen molar-refractivity contribution < 1.29 is 4.74 Å². The first-order chi connectivity index (χ1) is 7.18. The van der Waals surface area contributed by atoms with E-state index in [0.717, 1.165) is 32.5 Å². The van der Waals surface area contributed by atoms with Crippen molar-refractivity contribution in [1.82, 2.24) is 4.90 Å². The van der Waals surface area contributed by atoms with E-state index < -0.39 is 0 Å². The molecule has 0 bridgehead atoms. The number of thioether (sulfide) groups is 1. The van der Waals surface area contributed by atoms with Gasteiger partial charge in [-0.15, -0.1) is 0 Å². The summed E-state index contributed by atoms with van der Waals surface area (Å²) in [5.41, 5.74) is 6.11. The lowest BCUT2D eigenvalue weighted by molar-refractivity contribution is -0.0904. The summed E-state index contributed by atoms with van der Waals surface area (Å²) in [6, 6.07) is 0. The van der Waals surface area contributed by atoms with Gasteiger partial charge in [0.2, 0.25) is 0 Å². The van der Waals surface area contributed by atoms with Gasteiger partial charge in [-0.05, 0) is 33.1 Å². The number of rotatable bonds is 7. The van der Waals surface area contributed by atoms with Crippen LogP contribution in [0.25, 0.3) is 0 Å². The SMILES string of the molecule is CCOC1CC(CN)(N(C)CCSC)C1. The first-order valence-electron chi connectivity index (χ1n) is 5.70. The first-order valence-corrected chi connectivity index (χ1v) is 7.09. The van der Waals surface area contributed by atoms with Gasteiger partial charge in [-0.2, -0.15) is 11.8 Å². The summed E-state index contributed by atoms with van der Waals surface area (Å²) >= 11 is 1.89. The number of nitrogens with two attached hydrogens (primary N) is 1. The largest absolute Gasteiger partial charge is 0.378 e. The van der Waals surface area contributed by atoms with E-state index in [9.17, 15) is 0 Å². The van der Waals surface area contributed by atoms with Gasteiger partial charge in [-0.25, -0.2) is 0 Å². The van der Waals surface area contributed by atoms with Crippen molar-refractivity contribution in [3.05, 3.63) is 0 Å². The fourth-order valence-corrected chi connectivity index (χ4v) is 2.70. The zero-order valence-corrected chi connectivity index (χ0v) is 11.0. The zero-order valence-electron chi connectivity index (χ0n) is 10.2. The first kappa shape index (κ1) is 13.3. The molecule has 1 rings (SSSR count). The molecule has 1 aliphatic rings.